The number of benzene rings is 3. The van der Waals surface area contributed by atoms with Gasteiger partial charge in [0.1, 0.15) is 0 Å². The van der Waals surface area contributed by atoms with E-state index in [2.05, 4.69) is 6.07 Å². The SMILES string of the molecule is N#CC(=C\c1cccc2ccccc12)/C=C1\SC(=S)N(c2ccc(C(=O)O)cc2)C1=O. The lowest BCUT2D eigenvalue weighted by molar-refractivity contribution is -0.113. The summed E-state index contributed by atoms with van der Waals surface area (Å²) < 4.78 is 0.321. The van der Waals surface area contributed by atoms with Crippen molar-refractivity contribution in [1.29, 1.82) is 5.26 Å². The second-order valence-corrected chi connectivity index (χ2v) is 8.32. The van der Waals surface area contributed by atoms with Gasteiger partial charge in [-0.2, -0.15) is 5.26 Å². The van der Waals surface area contributed by atoms with E-state index in [9.17, 15) is 14.9 Å². The molecule has 1 fully saturated rings. The second kappa shape index (κ2) is 8.56. The Balaban J connectivity index is 1.67. The summed E-state index contributed by atoms with van der Waals surface area (Å²) in [5.41, 5.74) is 1.81. The lowest BCUT2D eigenvalue weighted by Gasteiger charge is -2.14. The number of thioether (sulfide) groups is 1. The number of amides is 1. The number of nitrogens with zero attached hydrogens (tertiary/aromatic N) is 2. The van der Waals surface area contributed by atoms with Crippen LogP contribution in [0, 0.1) is 11.3 Å². The normalized spacial score (nSPS) is 15.5. The van der Waals surface area contributed by atoms with Crippen LogP contribution in [-0.4, -0.2) is 21.3 Å². The third kappa shape index (κ3) is 4.12. The van der Waals surface area contributed by atoms with Crippen LogP contribution in [0.5, 0.6) is 0 Å². The van der Waals surface area contributed by atoms with Gasteiger partial charge in [-0.3, -0.25) is 9.69 Å². The molecule has 0 bridgehead atoms. The molecule has 1 amide bonds. The molecule has 150 valence electrons. The molecule has 0 aliphatic carbocycles. The molecule has 0 radical (unpaired) electrons. The van der Waals surface area contributed by atoms with Crippen LogP contribution in [0.4, 0.5) is 5.69 Å². The van der Waals surface area contributed by atoms with Gasteiger partial charge >= 0.3 is 5.97 Å². The van der Waals surface area contributed by atoms with E-state index in [1.807, 2.05) is 42.5 Å². The summed E-state index contributed by atoms with van der Waals surface area (Å²) in [5.74, 6) is -1.40. The van der Waals surface area contributed by atoms with E-state index in [1.165, 1.54) is 35.2 Å². The first-order valence-electron chi connectivity index (χ1n) is 9.19. The Morgan fingerprint density at radius 2 is 1.77 bits per heavy atom. The number of carboxylic acid groups (broad SMARTS) is 1. The van der Waals surface area contributed by atoms with Gasteiger partial charge in [-0.1, -0.05) is 66.4 Å². The summed E-state index contributed by atoms with van der Waals surface area (Å²) in [6, 6.07) is 21.8. The first-order valence-corrected chi connectivity index (χ1v) is 10.4. The Bertz CT molecular complexity index is 1330. The zero-order valence-electron chi connectivity index (χ0n) is 16.0. The van der Waals surface area contributed by atoms with Gasteiger partial charge < -0.3 is 5.11 Å². The van der Waals surface area contributed by atoms with Crippen LogP contribution < -0.4 is 4.90 Å². The molecule has 1 aliphatic rings. The van der Waals surface area contributed by atoms with E-state index in [0.717, 1.165) is 28.1 Å². The highest BCUT2D eigenvalue weighted by Crippen LogP contribution is 2.36. The van der Waals surface area contributed by atoms with Crippen molar-refractivity contribution in [2.75, 3.05) is 4.90 Å². The quantitative estimate of drug-likeness (QED) is 0.331. The van der Waals surface area contributed by atoms with Crippen molar-refractivity contribution in [2.24, 2.45) is 0 Å². The zero-order chi connectivity index (χ0) is 22.0. The van der Waals surface area contributed by atoms with Gasteiger partial charge in [0.05, 0.1) is 27.8 Å². The Morgan fingerprint density at radius 3 is 2.48 bits per heavy atom. The fraction of sp³-hybridized carbons (Fsp3) is 0. The van der Waals surface area contributed by atoms with Crippen LogP contribution in [0.15, 0.2) is 83.3 Å². The van der Waals surface area contributed by atoms with Gasteiger partial charge in [0.2, 0.25) is 0 Å². The summed E-state index contributed by atoms with van der Waals surface area (Å²) in [6.07, 6.45) is 3.28. The molecule has 0 saturated carbocycles. The van der Waals surface area contributed by atoms with Crippen molar-refractivity contribution >= 4 is 62.7 Å². The molecule has 31 heavy (non-hydrogen) atoms. The first-order chi connectivity index (χ1) is 15.0. The van der Waals surface area contributed by atoms with E-state index in [1.54, 1.807) is 6.08 Å². The molecule has 0 unspecified atom stereocenters. The largest absolute Gasteiger partial charge is 0.478 e. The number of nitriles is 1. The maximum absolute atomic E-state index is 12.9. The van der Waals surface area contributed by atoms with Crippen LogP contribution in [0.1, 0.15) is 15.9 Å². The van der Waals surface area contributed by atoms with E-state index < -0.39 is 5.97 Å². The first kappa shape index (κ1) is 20.5. The smallest absolute Gasteiger partial charge is 0.335 e. The molecule has 1 heterocycles. The molecule has 3 aromatic rings. The molecule has 1 saturated heterocycles. The number of anilines is 1. The monoisotopic (exact) mass is 442 g/mol. The predicted octanol–water partition coefficient (Wildman–Crippen LogP) is 5.39. The Morgan fingerprint density at radius 1 is 1.06 bits per heavy atom. The zero-order valence-corrected chi connectivity index (χ0v) is 17.6. The van der Waals surface area contributed by atoms with E-state index in [-0.39, 0.29) is 11.5 Å². The Hall–Kier alpha value is -3.73. The number of aromatic carboxylic acids is 1. The van der Waals surface area contributed by atoms with E-state index in [0.29, 0.717) is 20.5 Å². The maximum atomic E-state index is 12.9. The topological polar surface area (TPSA) is 81.4 Å². The number of allylic oxidation sites excluding steroid dienone is 2. The van der Waals surface area contributed by atoms with E-state index in [4.69, 9.17) is 17.3 Å². The molecule has 7 heteroatoms. The molecule has 5 nitrogen and oxygen atoms in total. The molecule has 0 aromatic heterocycles. The molecule has 1 aliphatic heterocycles. The highest BCUT2D eigenvalue weighted by Gasteiger charge is 2.33. The molecular weight excluding hydrogens is 428 g/mol. The second-order valence-electron chi connectivity index (χ2n) is 6.65. The number of hydrogen-bond donors (Lipinski definition) is 1. The van der Waals surface area contributed by atoms with Crippen molar-refractivity contribution < 1.29 is 14.7 Å². The summed E-state index contributed by atoms with van der Waals surface area (Å²) in [5, 5.41) is 20.8. The van der Waals surface area contributed by atoms with Crippen molar-refractivity contribution in [3.05, 3.63) is 94.4 Å². The minimum absolute atomic E-state index is 0.120. The lowest BCUT2D eigenvalue weighted by Crippen LogP contribution is -2.27. The van der Waals surface area contributed by atoms with Crippen molar-refractivity contribution in [3.63, 3.8) is 0 Å². The minimum atomic E-state index is -1.05. The average Bonchev–Trinajstić information content (AvgIpc) is 3.06. The van der Waals surface area contributed by atoms with Gasteiger partial charge in [-0.05, 0) is 52.8 Å². The minimum Gasteiger partial charge on any atom is -0.478 e. The Kier molecular flexibility index (Phi) is 5.67. The summed E-state index contributed by atoms with van der Waals surface area (Å²) >= 11 is 6.46. The van der Waals surface area contributed by atoms with Crippen LogP contribution >= 0.6 is 24.0 Å². The van der Waals surface area contributed by atoms with Crippen LogP contribution in [0.2, 0.25) is 0 Å². The number of fused-ring (bicyclic) bond motifs is 1. The average molecular weight is 443 g/mol. The van der Waals surface area contributed by atoms with Crippen LogP contribution in [0.25, 0.3) is 16.8 Å². The highest BCUT2D eigenvalue weighted by atomic mass is 32.2. The number of carboxylic acids is 1. The van der Waals surface area contributed by atoms with Gasteiger partial charge in [-0.25, -0.2) is 4.79 Å². The highest BCUT2D eigenvalue weighted by molar-refractivity contribution is 8.27. The van der Waals surface area contributed by atoms with Gasteiger partial charge in [-0.15, -0.1) is 0 Å². The third-order valence-electron chi connectivity index (χ3n) is 4.72. The van der Waals surface area contributed by atoms with Crippen molar-refractivity contribution in [2.45, 2.75) is 0 Å². The number of carbonyl (C=O) groups excluding carboxylic acids is 1. The van der Waals surface area contributed by atoms with Gasteiger partial charge in [0, 0.05) is 0 Å². The summed E-state index contributed by atoms with van der Waals surface area (Å²) in [4.78, 5) is 25.7. The molecule has 4 rings (SSSR count). The number of hydrogen-bond acceptors (Lipinski definition) is 5. The fourth-order valence-electron chi connectivity index (χ4n) is 3.23. The molecule has 1 N–H and O–H groups in total. The fourth-order valence-corrected chi connectivity index (χ4v) is 4.52. The Labute approximate surface area is 187 Å². The molecule has 0 spiro atoms. The van der Waals surface area contributed by atoms with E-state index >= 15 is 0 Å². The summed E-state index contributed by atoms with van der Waals surface area (Å²) in [7, 11) is 0. The number of thiocarbonyl (C=S) groups is 1. The maximum Gasteiger partial charge on any atom is 0.335 e. The number of rotatable bonds is 4. The third-order valence-corrected chi connectivity index (χ3v) is 6.02. The van der Waals surface area contributed by atoms with Gasteiger partial charge in [0.25, 0.3) is 5.91 Å². The van der Waals surface area contributed by atoms with Gasteiger partial charge in [0.15, 0.2) is 4.32 Å². The van der Waals surface area contributed by atoms with Crippen LogP contribution in [-0.2, 0) is 4.79 Å². The number of carbonyl (C=O) groups is 2. The predicted molar refractivity (Wildman–Crippen MR) is 127 cm³/mol. The molecule has 0 atom stereocenters. The lowest BCUT2D eigenvalue weighted by atomic mass is 10.0. The summed E-state index contributed by atoms with van der Waals surface area (Å²) in [6.45, 7) is 0. The molecule has 3 aromatic carbocycles. The van der Waals surface area contributed by atoms with Crippen molar-refractivity contribution in [3.8, 4) is 6.07 Å². The van der Waals surface area contributed by atoms with Crippen molar-refractivity contribution in [1.82, 2.24) is 0 Å². The standard InChI is InChI=1S/C24H14N2O3S2/c25-14-15(12-18-6-3-5-16-4-1-2-7-20(16)18)13-21-22(27)26(24(30)31-21)19-10-8-17(9-11-19)23(28)29/h1-13H,(H,28,29)/b15-12-,21-13-. The molecular formula is C24H14N2O3S2. The van der Waals surface area contributed by atoms with Crippen LogP contribution in [0.3, 0.4) is 0 Å².